The van der Waals surface area contributed by atoms with Crippen molar-refractivity contribution >= 4 is 11.0 Å². The van der Waals surface area contributed by atoms with Crippen LogP contribution in [0.4, 0.5) is 13.2 Å². The number of aromatic hydroxyl groups is 1. The zero-order valence-corrected chi connectivity index (χ0v) is 21.7. The van der Waals surface area contributed by atoms with Crippen LogP contribution in [0.15, 0.2) is 106 Å². The number of alkyl halides is 3. The molecule has 40 heavy (non-hydrogen) atoms. The summed E-state index contributed by atoms with van der Waals surface area (Å²) < 4.78 is 53.6. The van der Waals surface area contributed by atoms with E-state index in [1.54, 1.807) is 19.1 Å². The quantitative estimate of drug-likeness (QED) is 0.236. The first-order valence-electron chi connectivity index (χ1n) is 12.7. The highest BCUT2D eigenvalue weighted by Gasteiger charge is 2.41. The molecule has 204 valence electrons. The van der Waals surface area contributed by atoms with E-state index in [9.17, 15) is 23.1 Å². The van der Waals surface area contributed by atoms with Crippen molar-refractivity contribution in [2.45, 2.75) is 32.7 Å². The Kier molecular flexibility index (Phi) is 7.62. The van der Waals surface area contributed by atoms with Crippen molar-refractivity contribution in [1.82, 2.24) is 0 Å². The highest BCUT2D eigenvalue weighted by atomic mass is 19.4. The van der Waals surface area contributed by atoms with Crippen LogP contribution < -0.4 is 15.1 Å². The second-order valence-electron chi connectivity index (χ2n) is 9.70. The fourth-order valence-electron chi connectivity index (χ4n) is 4.74. The second-order valence-corrected chi connectivity index (χ2v) is 9.70. The zero-order chi connectivity index (χ0) is 28.3. The SMILES string of the molecule is Cc1cccc(Oc2c(C(F)(F)F)oc3c(C[NH+](Cc4ccccc4)Cc4ccccc4)c(O)ccc3c2=O)c1. The molecule has 0 saturated heterocycles. The summed E-state index contributed by atoms with van der Waals surface area (Å²) in [6.45, 7) is 2.91. The van der Waals surface area contributed by atoms with Crippen molar-refractivity contribution in [2.75, 3.05) is 0 Å². The Labute approximate surface area is 228 Å². The first-order chi connectivity index (χ1) is 19.2. The van der Waals surface area contributed by atoms with Gasteiger partial charge in [-0.15, -0.1) is 0 Å². The van der Waals surface area contributed by atoms with Crippen LogP contribution in [-0.4, -0.2) is 5.11 Å². The average molecular weight is 547 g/mol. The summed E-state index contributed by atoms with van der Waals surface area (Å²) in [5.41, 5.74) is 1.61. The van der Waals surface area contributed by atoms with Crippen LogP contribution in [-0.2, 0) is 25.8 Å². The van der Waals surface area contributed by atoms with Gasteiger partial charge < -0.3 is 19.2 Å². The Morgan fingerprint density at radius 3 is 2.02 bits per heavy atom. The highest BCUT2D eigenvalue weighted by molar-refractivity contribution is 5.83. The van der Waals surface area contributed by atoms with E-state index in [-0.39, 0.29) is 34.6 Å². The number of quaternary nitrogens is 1. The van der Waals surface area contributed by atoms with E-state index in [0.717, 1.165) is 21.6 Å². The average Bonchev–Trinajstić information content (AvgIpc) is 2.92. The molecule has 5 nitrogen and oxygen atoms in total. The van der Waals surface area contributed by atoms with E-state index in [4.69, 9.17) is 9.15 Å². The van der Waals surface area contributed by atoms with Crippen molar-refractivity contribution in [3.05, 3.63) is 135 Å². The molecule has 0 atom stereocenters. The van der Waals surface area contributed by atoms with Gasteiger partial charge in [-0.3, -0.25) is 4.79 Å². The van der Waals surface area contributed by atoms with Crippen molar-refractivity contribution in [1.29, 1.82) is 0 Å². The number of rotatable bonds is 8. The Morgan fingerprint density at radius 2 is 1.45 bits per heavy atom. The van der Waals surface area contributed by atoms with E-state index in [0.29, 0.717) is 13.1 Å². The van der Waals surface area contributed by atoms with Crippen LogP contribution in [0.5, 0.6) is 17.2 Å². The molecule has 0 saturated carbocycles. The number of benzene rings is 4. The molecule has 0 aliphatic heterocycles. The minimum Gasteiger partial charge on any atom is -0.507 e. The first-order valence-corrected chi connectivity index (χ1v) is 12.7. The van der Waals surface area contributed by atoms with Gasteiger partial charge in [0.15, 0.2) is 5.58 Å². The maximum atomic E-state index is 14.2. The molecule has 2 N–H and O–H groups in total. The Bertz CT molecular complexity index is 1640. The van der Waals surface area contributed by atoms with Crippen LogP contribution >= 0.6 is 0 Å². The zero-order valence-electron chi connectivity index (χ0n) is 21.7. The topological polar surface area (TPSA) is 64.1 Å². The van der Waals surface area contributed by atoms with Crippen LogP contribution in [0.2, 0.25) is 0 Å². The summed E-state index contributed by atoms with van der Waals surface area (Å²) in [5, 5.41) is 10.7. The van der Waals surface area contributed by atoms with Gasteiger partial charge in [-0.05, 0) is 36.8 Å². The molecular weight excluding hydrogens is 519 g/mol. The lowest BCUT2D eigenvalue weighted by Gasteiger charge is -2.21. The van der Waals surface area contributed by atoms with Gasteiger partial charge in [-0.1, -0.05) is 72.8 Å². The predicted octanol–water partition coefficient (Wildman–Crippen LogP) is 6.40. The molecule has 8 heteroatoms. The smallest absolute Gasteiger partial charge is 0.453 e. The van der Waals surface area contributed by atoms with Gasteiger partial charge in [0.25, 0.3) is 5.76 Å². The summed E-state index contributed by atoms with van der Waals surface area (Å²) >= 11 is 0. The second kappa shape index (κ2) is 11.3. The Hall–Kier alpha value is -4.56. The normalized spacial score (nSPS) is 11.7. The van der Waals surface area contributed by atoms with E-state index in [1.165, 1.54) is 24.3 Å². The molecule has 5 aromatic rings. The molecule has 0 aliphatic rings. The number of aryl methyl sites for hydroxylation is 1. The summed E-state index contributed by atoms with van der Waals surface area (Å²) in [6.07, 6.45) is -5.02. The number of phenols is 1. The fraction of sp³-hybridized carbons (Fsp3) is 0.156. The van der Waals surface area contributed by atoms with Crippen molar-refractivity contribution in [3.63, 3.8) is 0 Å². The number of ether oxygens (including phenoxy) is 1. The van der Waals surface area contributed by atoms with Crippen LogP contribution in [0.25, 0.3) is 11.0 Å². The Balaban J connectivity index is 1.62. The molecule has 0 amide bonds. The molecule has 4 aromatic carbocycles. The molecule has 0 unspecified atom stereocenters. The summed E-state index contributed by atoms with van der Waals surface area (Å²) in [7, 11) is 0. The molecule has 0 radical (unpaired) electrons. The van der Waals surface area contributed by atoms with E-state index >= 15 is 0 Å². The maximum Gasteiger partial charge on any atom is 0.453 e. The summed E-state index contributed by atoms with van der Waals surface area (Å²) in [4.78, 5) is 14.4. The minimum absolute atomic E-state index is 0.0810. The predicted molar refractivity (Wildman–Crippen MR) is 145 cm³/mol. The molecule has 0 bridgehead atoms. The molecule has 0 aliphatic carbocycles. The highest BCUT2D eigenvalue weighted by Crippen LogP contribution is 2.39. The standard InChI is InChI=1S/C32H26F3NO4/c1-21-9-8-14-24(17-21)39-30-28(38)25-15-16-27(37)26(29(25)40-31(30)32(33,34)35)20-36(18-22-10-4-2-5-11-22)19-23-12-6-3-7-13-23/h2-17,37H,18-20H2,1H3/p+1. The number of fused-ring (bicyclic) bond motifs is 1. The number of phenolic OH excluding ortho intramolecular Hbond substituents is 1. The van der Waals surface area contributed by atoms with E-state index < -0.39 is 23.1 Å². The minimum atomic E-state index is -5.02. The first kappa shape index (κ1) is 27.0. The molecule has 0 spiro atoms. The van der Waals surface area contributed by atoms with Gasteiger partial charge in [0, 0.05) is 11.1 Å². The molecule has 1 aromatic heterocycles. The number of halogens is 3. The lowest BCUT2D eigenvalue weighted by atomic mass is 10.1. The van der Waals surface area contributed by atoms with Crippen molar-refractivity contribution in [3.8, 4) is 17.2 Å². The van der Waals surface area contributed by atoms with Crippen molar-refractivity contribution < 1.29 is 32.3 Å². The maximum absolute atomic E-state index is 14.2. The van der Waals surface area contributed by atoms with Gasteiger partial charge in [-0.2, -0.15) is 13.2 Å². The van der Waals surface area contributed by atoms with Crippen LogP contribution in [0.1, 0.15) is 28.0 Å². The third-order valence-corrected chi connectivity index (χ3v) is 6.58. The van der Waals surface area contributed by atoms with E-state index in [2.05, 4.69) is 0 Å². The number of hydrogen-bond acceptors (Lipinski definition) is 4. The number of hydrogen-bond donors (Lipinski definition) is 2. The van der Waals surface area contributed by atoms with Gasteiger partial charge in [0.05, 0.1) is 10.9 Å². The summed E-state index contributed by atoms with van der Waals surface area (Å²) in [5.74, 6) is -2.67. The molecular formula is C32H27F3NO4+. The third kappa shape index (κ3) is 6.02. The Morgan fingerprint density at radius 1 is 0.825 bits per heavy atom. The van der Waals surface area contributed by atoms with Gasteiger partial charge in [0.1, 0.15) is 31.1 Å². The van der Waals surface area contributed by atoms with Crippen molar-refractivity contribution in [2.24, 2.45) is 0 Å². The third-order valence-electron chi connectivity index (χ3n) is 6.58. The van der Waals surface area contributed by atoms with E-state index in [1.807, 2.05) is 60.7 Å². The van der Waals surface area contributed by atoms with Gasteiger partial charge in [-0.25, -0.2) is 0 Å². The van der Waals surface area contributed by atoms with Crippen LogP contribution in [0.3, 0.4) is 0 Å². The van der Waals surface area contributed by atoms with Gasteiger partial charge >= 0.3 is 6.18 Å². The largest absolute Gasteiger partial charge is 0.507 e. The summed E-state index contributed by atoms with van der Waals surface area (Å²) in [6, 6.07) is 28.2. The molecule has 0 fully saturated rings. The number of nitrogens with one attached hydrogen (secondary N) is 1. The molecule has 5 rings (SSSR count). The molecule has 1 heterocycles. The lowest BCUT2D eigenvalue weighted by molar-refractivity contribution is -0.941. The van der Waals surface area contributed by atoms with Gasteiger partial charge in [0.2, 0.25) is 11.2 Å². The lowest BCUT2D eigenvalue weighted by Crippen LogP contribution is -3.08. The fourth-order valence-corrected chi connectivity index (χ4v) is 4.74. The van der Waals surface area contributed by atoms with Crippen LogP contribution in [0, 0.1) is 6.92 Å². The monoisotopic (exact) mass is 546 g/mol.